The van der Waals surface area contributed by atoms with Gasteiger partial charge in [0.15, 0.2) is 0 Å². The molecule has 4 heteroatoms. The number of ether oxygens (including phenoxy) is 2. The SMILES string of the molecule is C=C(C)COC(=O)COCc1ccccc1Cl. The summed E-state index contributed by atoms with van der Waals surface area (Å²) in [5, 5.41) is 0.628. The maximum atomic E-state index is 11.2. The number of hydrogen-bond acceptors (Lipinski definition) is 3. The number of halogens is 1. The Kier molecular flexibility index (Phi) is 5.73. The van der Waals surface area contributed by atoms with Gasteiger partial charge in [-0.15, -0.1) is 0 Å². The lowest BCUT2D eigenvalue weighted by molar-refractivity contribution is -0.148. The zero-order chi connectivity index (χ0) is 12.7. The number of esters is 1. The molecule has 92 valence electrons. The Hall–Kier alpha value is -1.32. The van der Waals surface area contributed by atoms with Crippen molar-refractivity contribution in [3.05, 3.63) is 47.0 Å². The van der Waals surface area contributed by atoms with Crippen LogP contribution < -0.4 is 0 Å². The summed E-state index contributed by atoms with van der Waals surface area (Å²) in [6.45, 7) is 5.86. The van der Waals surface area contributed by atoms with E-state index in [4.69, 9.17) is 21.1 Å². The molecule has 0 bridgehead atoms. The Bertz CT molecular complexity index is 401. The highest BCUT2D eigenvalue weighted by Gasteiger charge is 2.04. The Morgan fingerprint density at radius 1 is 1.35 bits per heavy atom. The van der Waals surface area contributed by atoms with Crippen LogP contribution in [0.2, 0.25) is 5.02 Å². The van der Waals surface area contributed by atoms with Gasteiger partial charge in [0, 0.05) is 5.02 Å². The highest BCUT2D eigenvalue weighted by molar-refractivity contribution is 6.31. The minimum Gasteiger partial charge on any atom is -0.459 e. The molecule has 1 rings (SSSR count). The van der Waals surface area contributed by atoms with Crippen LogP contribution in [-0.4, -0.2) is 19.2 Å². The molecule has 3 nitrogen and oxygen atoms in total. The van der Waals surface area contributed by atoms with Crippen molar-refractivity contribution in [2.75, 3.05) is 13.2 Å². The molecular weight excluding hydrogens is 240 g/mol. The molecule has 0 aliphatic rings. The number of rotatable bonds is 6. The van der Waals surface area contributed by atoms with Crippen LogP contribution in [0.25, 0.3) is 0 Å². The van der Waals surface area contributed by atoms with Crippen molar-refractivity contribution in [1.82, 2.24) is 0 Å². The molecule has 0 aromatic heterocycles. The van der Waals surface area contributed by atoms with Gasteiger partial charge in [0.25, 0.3) is 0 Å². The van der Waals surface area contributed by atoms with Crippen LogP contribution in [0.3, 0.4) is 0 Å². The maximum absolute atomic E-state index is 11.2. The van der Waals surface area contributed by atoms with E-state index in [2.05, 4.69) is 6.58 Å². The monoisotopic (exact) mass is 254 g/mol. The van der Waals surface area contributed by atoms with Crippen LogP contribution in [0, 0.1) is 0 Å². The zero-order valence-electron chi connectivity index (χ0n) is 9.74. The van der Waals surface area contributed by atoms with Gasteiger partial charge in [-0.3, -0.25) is 0 Å². The summed E-state index contributed by atoms with van der Waals surface area (Å²) in [6, 6.07) is 7.33. The predicted octanol–water partition coefficient (Wildman–Crippen LogP) is 2.98. The Labute approximate surface area is 106 Å². The molecule has 0 N–H and O–H groups in total. The molecular formula is C13H15ClO3. The van der Waals surface area contributed by atoms with Gasteiger partial charge in [0.05, 0.1) is 6.61 Å². The van der Waals surface area contributed by atoms with Gasteiger partial charge >= 0.3 is 5.97 Å². The molecule has 0 fully saturated rings. The summed E-state index contributed by atoms with van der Waals surface area (Å²) in [7, 11) is 0. The first-order chi connectivity index (χ1) is 8.09. The fraction of sp³-hybridized carbons (Fsp3) is 0.308. The van der Waals surface area contributed by atoms with E-state index in [-0.39, 0.29) is 13.2 Å². The van der Waals surface area contributed by atoms with Crippen molar-refractivity contribution in [3.63, 3.8) is 0 Å². The second-order valence-electron chi connectivity index (χ2n) is 3.70. The van der Waals surface area contributed by atoms with Crippen molar-refractivity contribution < 1.29 is 14.3 Å². The average molecular weight is 255 g/mol. The topological polar surface area (TPSA) is 35.5 Å². The molecule has 0 aliphatic carbocycles. The van der Waals surface area contributed by atoms with Gasteiger partial charge in [-0.1, -0.05) is 36.4 Å². The van der Waals surface area contributed by atoms with E-state index in [0.717, 1.165) is 11.1 Å². The molecule has 0 saturated heterocycles. The van der Waals surface area contributed by atoms with Crippen LogP contribution in [0.5, 0.6) is 0 Å². The van der Waals surface area contributed by atoms with Gasteiger partial charge in [-0.2, -0.15) is 0 Å². The molecule has 1 aromatic rings. The van der Waals surface area contributed by atoms with Gasteiger partial charge < -0.3 is 9.47 Å². The van der Waals surface area contributed by atoms with Crippen LogP contribution in [-0.2, 0) is 20.9 Å². The lowest BCUT2D eigenvalue weighted by atomic mass is 10.2. The minimum atomic E-state index is -0.403. The third-order valence-electron chi connectivity index (χ3n) is 1.91. The van der Waals surface area contributed by atoms with Crippen LogP contribution in [0.4, 0.5) is 0 Å². The van der Waals surface area contributed by atoms with E-state index in [9.17, 15) is 4.79 Å². The lowest BCUT2D eigenvalue weighted by Gasteiger charge is -2.06. The summed E-state index contributed by atoms with van der Waals surface area (Å²) in [4.78, 5) is 11.2. The summed E-state index contributed by atoms with van der Waals surface area (Å²) in [6.07, 6.45) is 0. The van der Waals surface area contributed by atoms with E-state index < -0.39 is 5.97 Å². The van der Waals surface area contributed by atoms with E-state index in [1.165, 1.54) is 0 Å². The number of benzene rings is 1. The van der Waals surface area contributed by atoms with E-state index in [1.807, 2.05) is 18.2 Å². The van der Waals surface area contributed by atoms with Crippen molar-refractivity contribution >= 4 is 17.6 Å². The van der Waals surface area contributed by atoms with Crippen molar-refractivity contribution in [1.29, 1.82) is 0 Å². The number of hydrogen-bond donors (Lipinski definition) is 0. The second-order valence-corrected chi connectivity index (χ2v) is 4.11. The predicted molar refractivity (Wildman–Crippen MR) is 66.9 cm³/mol. The summed E-state index contributed by atoms with van der Waals surface area (Å²) < 4.78 is 10.1. The fourth-order valence-electron chi connectivity index (χ4n) is 1.11. The maximum Gasteiger partial charge on any atom is 0.332 e. The molecule has 0 unspecified atom stereocenters. The van der Waals surface area contributed by atoms with Gasteiger partial charge in [0.2, 0.25) is 0 Å². The molecule has 0 spiro atoms. The number of carbonyl (C=O) groups excluding carboxylic acids is 1. The average Bonchev–Trinajstić information content (AvgIpc) is 2.29. The van der Waals surface area contributed by atoms with Crippen molar-refractivity contribution in [3.8, 4) is 0 Å². The highest BCUT2D eigenvalue weighted by atomic mass is 35.5. The number of carbonyl (C=O) groups is 1. The van der Waals surface area contributed by atoms with Crippen LogP contribution in [0.1, 0.15) is 12.5 Å². The lowest BCUT2D eigenvalue weighted by Crippen LogP contribution is -2.13. The smallest absolute Gasteiger partial charge is 0.332 e. The first kappa shape index (κ1) is 13.7. The normalized spacial score (nSPS) is 10.0. The third-order valence-corrected chi connectivity index (χ3v) is 2.28. The molecule has 17 heavy (non-hydrogen) atoms. The van der Waals surface area contributed by atoms with E-state index >= 15 is 0 Å². The molecule has 0 heterocycles. The molecule has 0 aliphatic heterocycles. The molecule has 0 saturated carbocycles. The Balaban J connectivity index is 2.26. The van der Waals surface area contributed by atoms with E-state index in [1.54, 1.807) is 13.0 Å². The molecule has 0 radical (unpaired) electrons. The molecule has 1 aromatic carbocycles. The zero-order valence-corrected chi connectivity index (χ0v) is 10.5. The Morgan fingerprint density at radius 2 is 2.06 bits per heavy atom. The van der Waals surface area contributed by atoms with Crippen LogP contribution in [0.15, 0.2) is 36.4 Å². The summed E-state index contributed by atoms with van der Waals surface area (Å²) in [5.41, 5.74) is 1.64. The second kappa shape index (κ2) is 7.09. The van der Waals surface area contributed by atoms with Crippen molar-refractivity contribution in [2.45, 2.75) is 13.5 Å². The van der Waals surface area contributed by atoms with E-state index in [0.29, 0.717) is 11.6 Å². The third kappa shape index (κ3) is 5.52. The summed E-state index contributed by atoms with van der Waals surface area (Å²) >= 11 is 5.93. The summed E-state index contributed by atoms with van der Waals surface area (Å²) in [5.74, 6) is -0.403. The fourth-order valence-corrected chi connectivity index (χ4v) is 1.30. The minimum absolute atomic E-state index is 0.0848. The first-order valence-electron chi connectivity index (χ1n) is 5.20. The first-order valence-corrected chi connectivity index (χ1v) is 5.58. The van der Waals surface area contributed by atoms with Gasteiger partial charge in [-0.05, 0) is 24.1 Å². The highest BCUT2D eigenvalue weighted by Crippen LogP contribution is 2.15. The van der Waals surface area contributed by atoms with Gasteiger partial charge in [0.1, 0.15) is 13.2 Å². The molecule has 0 amide bonds. The van der Waals surface area contributed by atoms with Gasteiger partial charge in [-0.25, -0.2) is 4.79 Å². The standard InChI is InChI=1S/C13H15ClO3/c1-10(2)7-17-13(15)9-16-8-11-5-3-4-6-12(11)14/h3-6H,1,7-9H2,2H3. The van der Waals surface area contributed by atoms with Crippen LogP contribution >= 0.6 is 11.6 Å². The largest absolute Gasteiger partial charge is 0.459 e. The van der Waals surface area contributed by atoms with Crippen molar-refractivity contribution in [2.24, 2.45) is 0 Å². The Morgan fingerprint density at radius 3 is 2.71 bits per heavy atom. The molecule has 0 atom stereocenters. The quantitative estimate of drug-likeness (QED) is 0.578.